The van der Waals surface area contributed by atoms with Crippen LogP contribution in [0.1, 0.15) is 42.7 Å². The third-order valence-electron chi connectivity index (χ3n) is 4.68. The lowest BCUT2D eigenvalue weighted by Crippen LogP contribution is -2.20. The van der Waals surface area contributed by atoms with Gasteiger partial charge < -0.3 is 10.6 Å². The van der Waals surface area contributed by atoms with Gasteiger partial charge in [0.05, 0.1) is 11.9 Å². The van der Waals surface area contributed by atoms with Crippen LogP contribution in [0.3, 0.4) is 0 Å². The van der Waals surface area contributed by atoms with Gasteiger partial charge in [0.25, 0.3) is 0 Å². The Morgan fingerprint density at radius 3 is 2.48 bits per heavy atom. The van der Waals surface area contributed by atoms with Gasteiger partial charge in [-0.15, -0.1) is 0 Å². The number of pyridine rings is 1. The lowest BCUT2D eigenvalue weighted by molar-refractivity contribution is -0.141. The number of rotatable bonds is 9. The number of hydrogen-bond donors (Lipinski definition) is 3. The normalized spacial score (nSPS) is 13.1. The fourth-order valence-electron chi connectivity index (χ4n) is 2.78. The van der Waals surface area contributed by atoms with E-state index >= 15 is 0 Å². The molecule has 1 aromatic heterocycles. The second kappa shape index (κ2) is 10.7. The summed E-state index contributed by atoms with van der Waals surface area (Å²) in [7, 11) is -3.40. The number of aromatic nitrogens is 1. The second-order valence-electron chi connectivity index (χ2n) is 7.66. The Balaban J connectivity index is 2.10. The van der Waals surface area contributed by atoms with Gasteiger partial charge in [-0.2, -0.15) is 13.2 Å². The highest BCUT2D eigenvalue weighted by molar-refractivity contribution is 7.92. The maximum Gasteiger partial charge on any atom is 0.433 e. The molecule has 2 rings (SSSR count). The first-order valence-corrected chi connectivity index (χ1v) is 12.1. The smallest absolute Gasteiger partial charge is 0.367 e. The Morgan fingerprint density at radius 1 is 1.21 bits per heavy atom. The van der Waals surface area contributed by atoms with Gasteiger partial charge in [-0.25, -0.2) is 13.4 Å². The summed E-state index contributed by atoms with van der Waals surface area (Å²) >= 11 is 0. The highest BCUT2D eigenvalue weighted by atomic mass is 32.2. The zero-order valence-electron chi connectivity index (χ0n) is 18.7. The number of hydrogen-bond acceptors (Lipinski definition) is 5. The van der Waals surface area contributed by atoms with Crippen LogP contribution in [0.2, 0.25) is 0 Å². The molecule has 7 nitrogen and oxygen atoms in total. The van der Waals surface area contributed by atoms with Crippen molar-refractivity contribution >= 4 is 33.5 Å². The van der Waals surface area contributed by atoms with E-state index in [0.29, 0.717) is 23.2 Å². The summed E-state index contributed by atoms with van der Waals surface area (Å²) < 4.78 is 64.2. The van der Waals surface area contributed by atoms with Gasteiger partial charge in [-0.3, -0.25) is 9.52 Å². The average Bonchev–Trinajstić information content (AvgIpc) is 2.71. The largest absolute Gasteiger partial charge is 0.433 e. The lowest BCUT2D eigenvalue weighted by Gasteiger charge is -2.16. The summed E-state index contributed by atoms with van der Waals surface area (Å²) in [5, 5.41) is 5.62. The Labute approximate surface area is 191 Å². The summed E-state index contributed by atoms with van der Waals surface area (Å²) in [5.41, 5.74) is 1.23. The van der Waals surface area contributed by atoms with E-state index in [1.807, 2.05) is 13.8 Å². The third kappa shape index (κ3) is 8.41. The molecule has 1 aromatic carbocycles. The van der Waals surface area contributed by atoms with Crippen molar-refractivity contribution in [3.05, 3.63) is 58.8 Å². The minimum absolute atomic E-state index is 0.0489. The van der Waals surface area contributed by atoms with Crippen LogP contribution >= 0.6 is 0 Å². The first-order valence-electron chi connectivity index (χ1n) is 10.2. The minimum Gasteiger partial charge on any atom is -0.367 e. The molecule has 0 aliphatic heterocycles. The second-order valence-corrected chi connectivity index (χ2v) is 9.41. The summed E-state index contributed by atoms with van der Waals surface area (Å²) in [6.45, 7) is 5.63. The first kappa shape index (κ1) is 26.2. The molecular formula is C22H27F3N4O3S. The van der Waals surface area contributed by atoms with E-state index in [4.69, 9.17) is 0 Å². The van der Waals surface area contributed by atoms with E-state index in [2.05, 4.69) is 20.3 Å². The molecule has 3 N–H and O–H groups in total. The zero-order chi connectivity index (χ0) is 24.8. The Morgan fingerprint density at radius 2 is 1.91 bits per heavy atom. The molecule has 0 radical (unpaired) electrons. The van der Waals surface area contributed by atoms with Crippen LogP contribution in [0.15, 0.2) is 36.4 Å². The molecule has 1 atom stereocenters. The maximum absolute atomic E-state index is 13.0. The van der Waals surface area contributed by atoms with Gasteiger partial charge in [0.2, 0.25) is 15.9 Å². The van der Waals surface area contributed by atoms with Gasteiger partial charge in [0.15, 0.2) is 0 Å². The molecule has 1 unspecified atom stereocenters. The van der Waals surface area contributed by atoms with Crippen molar-refractivity contribution in [2.24, 2.45) is 0 Å². The van der Waals surface area contributed by atoms with Crippen LogP contribution < -0.4 is 15.4 Å². The number of amides is 1. The van der Waals surface area contributed by atoms with Crippen molar-refractivity contribution in [3.63, 3.8) is 0 Å². The Bertz CT molecular complexity index is 1130. The molecule has 0 spiro atoms. The van der Waals surface area contributed by atoms with Crippen LogP contribution in [-0.2, 0) is 27.5 Å². The van der Waals surface area contributed by atoms with Crippen LogP contribution in [-0.4, -0.2) is 31.6 Å². The minimum atomic E-state index is -4.57. The number of alkyl halides is 3. The number of nitrogens with zero attached hydrogens (tertiary/aromatic N) is 1. The lowest BCUT2D eigenvalue weighted by atomic mass is 10.1. The maximum atomic E-state index is 13.0. The van der Waals surface area contributed by atoms with E-state index in [1.54, 1.807) is 25.1 Å². The molecular weight excluding hydrogens is 457 g/mol. The molecule has 0 saturated carbocycles. The number of anilines is 2. The zero-order valence-corrected chi connectivity index (χ0v) is 19.6. The molecule has 180 valence electrons. The van der Waals surface area contributed by atoms with Crippen molar-refractivity contribution < 1.29 is 26.4 Å². The fraction of sp³-hybridized carbons (Fsp3) is 0.364. The number of carbonyl (C=O) groups excluding carboxylic acids is 1. The SMILES string of the molecule is CCC(C)Nc1nc(C(F)(F)F)ccc1C=CC(=O)NCc1ccc(NS(C)(=O)=O)c(C)c1. The molecule has 0 fully saturated rings. The highest BCUT2D eigenvalue weighted by Crippen LogP contribution is 2.30. The number of aryl methyl sites for hydroxylation is 1. The molecule has 0 saturated heterocycles. The average molecular weight is 485 g/mol. The van der Waals surface area contributed by atoms with Crippen molar-refractivity contribution in [3.8, 4) is 0 Å². The van der Waals surface area contributed by atoms with E-state index in [1.165, 1.54) is 18.2 Å². The first-order chi connectivity index (χ1) is 15.3. The van der Waals surface area contributed by atoms with Crippen molar-refractivity contribution in [2.45, 2.75) is 46.0 Å². The summed E-state index contributed by atoms with van der Waals surface area (Å²) in [6, 6.07) is 7.05. The van der Waals surface area contributed by atoms with Gasteiger partial charge in [-0.05, 0) is 55.7 Å². The van der Waals surface area contributed by atoms with Crippen LogP contribution in [0.25, 0.3) is 6.08 Å². The summed E-state index contributed by atoms with van der Waals surface area (Å²) in [4.78, 5) is 15.9. The molecule has 33 heavy (non-hydrogen) atoms. The van der Waals surface area contributed by atoms with Crippen molar-refractivity contribution in [1.82, 2.24) is 10.3 Å². The number of halogens is 3. The molecule has 0 aliphatic carbocycles. The highest BCUT2D eigenvalue weighted by Gasteiger charge is 2.33. The number of nitrogens with one attached hydrogen (secondary N) is 3. The van der Waals surface area contributed by atoms with Gasteiger partial charge in [-0.1, -0.05) is 19.1 Å². The van der Waals surface area contributed by atoms with Crippen LogP contribution in [0, 0.1) is 6.92 Å². The van der Waals surface area contributed by atoms with Crippen molar-refractivity contribution in [2.75, 3.05) is 16.3 Å². The van der Waals surface area contributed by atoms with Crippen LogP contribution in [0.4, 0.5) is 24.7 Å². The Kier molecular flexibility index (Phi) is 8.48. The quantitative estimate of drug-likeness (QED) is 0.461. The van der Waals surface area contributed by atoms with Gasteiger partial charge >= 0.3 is 6.18 Å². The summed E-state index contributed by atoms with van der Waals surface area (Å²) in [6.07, 6.45) is -0.214. The van der Waals surface area contributed by atoms with E-state index in [9.17, 15) is 26.4 Å². The monoisotopic (exact) mass is 484 g/mol. The molecule has 0 aliphatic rings. The molecule has 2 aromatic rings. The molecule has 11 heteroatoms. The Hall–Kier alpha value is -3.08. The van der Waals surface area contributed by atoms with E-state index in [0.717, 1.165) is 17.9 Å². The van der Waals surface area contributed by atoms with Crippen molar-refractivity contribution in [1.29, 1.82) is 0 Å². The predicted molar refractivity (Wildman–Crippen MR) is 123 cm³/mol. The molecule has 1 heterocycles. The molecule has 1 amide bonds. The number of sulfonamides is 1. The number of carbonyl (C=O) groups is 1. The summed E-state index contributed by atoms with van der Waals surface area (Å²) in [5.74, 6) is -0.395. The molecule has 0 bridgehead atoms. The van der Waals surface area contributed by atoms with Crippen LogP contribution in [0.5, 0.6) is 0 Å². The van der Waals surface area contributed by atoms with Gasteiger partial charge in [0, 0.05) is 24.2 Å². The van der Waals surface area contributed by atoms with E-state index in [-0.39, 0.29) is 18.4 Å². The topological polar surface area (TPSA) is 100 Å². The number of benzene rings is 1. The third-order valence-corrected chi connectivity index (χ3v) is 5.27. The van der Waals surface area contributed by atoms with E-state index < -0.39 is 27.8 Å². The fourth-order valence-corrected chi connectivity index (χ4v) is 3.41. The standard InChI is InChI=1S/C22H27F3N4O3S/c1-5-15(3)27-21-17(7-10-19(28-21)22(23,24)25)8-11-20(30)26-13-16-6-9-18(14(2)12-16)29-33(4,31)32/h6-12,15,29H,5,13H2,1-4H3,(H,26,30)(H,27,28). The predicted octanol–water partition coefficient (Wildman–Crippen LogP) is 4.32. The van der Waals surface area contributed by atoms with Gasteiger partial charge in [0.1, 0.15) is 11.5 Å².